The molecule has 0 radical (unpaired) electrons. The fraction of sp³-hybridized carbons (Fsp3) is 0.240. The van der Waals surface area contributed by atoms with Crippen LogP contribution in [0.2, 0.25) is 0 Å². The highest BCUT2D eigenvalue weighted by Gasteiger charge is 2.29. The highest BCUT2D eigenvalue weighted by atomic mass is 32.2. The highest BCUT2D eigenvalue weighted by Crippen LogP contribution is 2.32. The van der Waals surface area contributed by atoms with Gasteiger partial charge in [0, 0.05) is 6.54 Å². The monoisotopic (exact) mass is 468 g/mol. The van der Waals surface area contributed by atoms with Crippen molar-refractivity contribution in [3.8, 4) is 11.5 Å². The third-order valence-corrected chi connectivity index (χ3v) is 6.87. The molecular weight excluding hydrogens is 440 g/mol. The first kappa shape index (κ1) is 24.1. The van der Waals surface area contributed by atoms with E-state index in [2.05, 4.69) is 5.32 Å². The van der Waals surface area contributed by atoms with Gasteiger partial charge in [-0.2, -0.15) is 0 Å². The quantitative estimate of drug-likeness (QED) is 0.434. The van der Waals surface area contributed by atoms with Crippen LogP contribution in [0.1, 0.15) is 12.0 Å². The lowest BCUT2D eigenvalue weighted by Crippen LogP contribution is -2.41. The van der Waals surface area contributed by atoms with Crippen LogP contribution in [0.4, 0.5) is 5.69 Å². The molecule has 1 N–H and O–H groups in total. The van der Waals surface area contributed by atoms with Crippen molar-refractivity contribution in [2.45, 2.75) is 17.7 Å². The van der Waals surface area contributed by atoms with E-state index < -0.39 is 15.9 Å². The fourth-order valence-electron chi connectivity index (χ4n) is 3.36. The highest BCUT2D eigenvalue weighted by molar-refractivity contribution is 7.92. The number of amides is 1. The van der Waals surface area contributed by atoms with E-state index in [0.29, 0.717) is 18.0 Å². The van der Waals surface area contributed by atoms with Crippen molar-refractivity contribution < 1.29 is 22.7 Å². The van der Waals surface area contributed by atoms with Crippen molar-refractivity contribution in [1.82, 2.24) is 5.32 Å². The third kappa shape index (κ3) is 6.26. The Balaban J connectivity index is 1.77. The summed E-state index contributed by atoms with van der Waals surface area (Å²) >= 11 is 0. The molecule has 33 heavy (non-hydrogen) atoms. The average Bonchev–Trinajstić information content (AvgIpc) is 2.85. The Kier molecular flexibility index (Phi) is 8.32. The molecule has 0 aromatic heterocycles. The number of anilines is 1. The van der Waals surface area contributed by atoms with Crippen LogP contribution in [-0.4, -0.2) is 41.6 Å². The molecule has 7 nitrogen and oxygen atoms in total. The van der Waals surface area contributed by atoms with Crippen LogP contribution >= 0.6 is 0 Å². The van der Waals surface area contributed by atoms with Gasteiger partial charge in [-0.1, -0.05) is 42.5 Å². The number of benzene rings is 3. The first-order valence-electron chi connectivity index (χ1n) is 10.6. The minimum absolute atomic E-state index is 0.0473. The molecule has 3 aromatic rings. The maximum absolute atomic E-state index is 13.5. The summed E-state index contributed by atoms with van der Waals surface area (Å²) < 4.78 is 38.6. The van der Waals surface area contributed by atoms with Gasteiger partial charge >= 0.3 is 0 Å². The summed E-state index contributed by atoms with van der Waals surface area (Å²) in [5.41, 5.74) is 1.47. The lowest BCUT2D eigenvalue weighted by Gasteiger charge is -2.25. The molecule has 0 fully saturated rings. The zero-order valence-corrected chi connectivity index (χ0v) is 19.5. The number of carbonyl (C=O) groups excluding carboxylic acids is 1. The molecule has 0 aliphatic carbocycles. The number of ether oxygens (including phenoxy) is 2. The minimum atomic E-state index is -4.04. The first-order chi connectivity index (χ1) is 16.0. The minimum Gasteiger partial charge on any atom is -0.497 e. The van der Waals surface area contributed by atoms with E-state index >= 15 is 0 Å². The smallest absolute Gasteiger partial charge is 0.264 e. The van der Waals surface area contributed by atoms with Crippen molar-refractivity contribution in [2.75, 3.05) is 31.6 Å². The number of carbonyl (C=O) groups is 1. The summed E-state index contributed by atoms with van der Waals surface area (Å²) in [7, 11) is -1.08. The van der Waals surface area contributed by atoms with Crippen molar-refractivity contribution >= 4 is 21.6 Å². The van der Waals surface area contributed by atoms with Gasteiger partial charge in [-0.15, -0.1) is 0 Å². The molecule has 1 amide bonds. The largest absolute Gasteiger partial charge is 0.497 e. The summed E-state index contributed by atoms with van der Waals surface area (Å²) in [6.45, 7) is 0.0656. The van der Waals surface area contributed by atoms with E-state index in [-0.39, 0.29) is 17.1 Å². The number of nitrogens with zero attached hydrogens (tertiary/aromatic N) is 1. The van der Waals surface area contributed by atoms with Gasteiger partial charge < -0.3 is 14.8 Å². The van der Waals surface area contributed by atoms with E-state index in [4.69, 9.17) is 9.47 Å². The Hall–Kier alpha value is -3.52. The predicted molar refractivity (Wildman–Crippen MR) is 128 cm³/mol. The normalized spacial score (nSPS) is 11.0. The lowest BCUT2D eigenvalue weighted by molar-refractivity contribution is -0.119. The molecule has 3 rings (SSSR count). The Morgan fingerprint density at radius 3 is 2.21 bits per heavy atom. The van der Waals surface area contributed by atoms with Crippen LogP contribution in [-0.2, 0) is 21.2 Å². The molecule has 0 bridgehead atoms. The van der Waals surface area contributed by atoms with Crippen LogP contribution in [0.3, 0.4) is 0 Å². The Morgan fingerprint density at radius 1 is 0.879 bits per heavy atom. The molecule has 0 heterocycles. The van der Waals surface area contributed by atoms with E-state index in [0.717, 1.165) is 17.1 Å². The molecule has 0 aliphatic rings. The summed E-state index contributed by atoms with van der Waals surface area (Å²) in [4.78, 5) is 12.8. The van der Waals surface area contributed by atoms with Crippen LogP contribution in [0, 0.1) is 0 Å². The fourth-order valence-corrected chi connectivity index (χ4v) is 4.79. The number of sulfonamides is 1. The third-order valence-electron chi connectivity index (χ3n) is 5.10. The maximum Gasteiger partial charge on any atom is 0.264 e. The van der Waals surface area contributed by atoms with E-state index in [1.54, 1.807) is 36.4 Å². The number of methoxy groups -OCH3 is 2. The van der Waals surface area contributed by atoms with Gasteiger partial charge in [0.05, 0.1) is 24.8 Å². The van der Waals surface area contributed by atoms with Gasteiger partial charge in [0.2, 0.25) is 5.91 Å². The van der Waals surface area contributed by atoms with Gasteiger partial charge in [-0.05, 0) is 54.8 Å². The number of para-hydroxylation sites is 2. The standard InChI is InChI=1S/C25H28N2O5S/c1-31-21-14-16-22(17-15-21)33(29,30)27(23-12-6-7-13-24(23)32-2)19-25(28)26-18-8-11-20-9-4-3-5-10-20/h3-7,9-10,12-17H,8,11,18-19H2,1-2H3,(H,26,28). The Bertz CT molecular complexity index is 1150. The zero-order chi connectivity index (χ0) is 23.7. The second kappa shape index (κ2) is 11.4. The molecule has 0 saturated heterocycles. The summed E-state index contributed by atoms with van der Waals surface area (Å²) in [6, 6.07) is 22.7. The van der Waals surface area contributed by atoms with Crippen molar-refractivity contribution in [3.05, 3.63) is 84.4 Å². The zero-order valence-electron chi connectivity index (χ0n) is 18.7. The molecule has 0 unspecified atom stereocenters. The van der Waals surface area contributed by atoms with Crippen LogP contribution in [0.15, 0.2) is 83.8 Å². The summed E-state index contributed by atoms with van der Waals surface area (Å²) in [5.74, 6) is 0.492. The van der Waals surface area contributed by atoms with E-state index in [1.807, 2.05) is 30.3 Å². The average molecular weight is 469 g/mol. The molecule has 0 spiro atoms. The number of nitrogens with one attached hydrogen (secondary N) is 1. The van der Waals surface area contributed by atoms with Gasteiger partial charge in [0.15, 0.2) is 0 Å². The van der Waals surface area contributed by atoms with Gasteiger partial charge in [0.25, 0.3) is 10.0 Å². The van der Waals surface area contributed by atoms with Crippen molar-refractivity contribution in [3.63, 3.8) is 0 Å². The molecule has 8 heteroatoms. The second-order valence-corrected chi connectivity index (χ2v) is 9.16. The van der Waals surface area contributed by atoms with Gasteiger partial charge in [-0.25, -0.2) is 8.42 Å². The number of hydrogen-bond acceptors (Lipinski definition) is 5. The Morgan fingerprint density at radius 2 is 1.55 bits per heavy atom. The Labute approximate surface area is 195 Å². The van der Waals surface area contributed by atoms with Crippen LogP contribution < -0.4 is 19.1 Å². The number of rotatable bonds is 11. The van der Waals surface area contributed by atoms with Gasteiger partial charge in [0.1, 0.15) is 18.0 Å². The summed E-state index contributed by atoms with van der Waals surface area (Å²) in [6.07, 6.45) is 1.57. The maximum atomic E-state index is 13.5. The van der Waals surface area contributed by atoms with Crippen molar-refractivity contribution in [2.24, 2.45) is 0 Å². The van der Waals surface area contributed by atoms with E-state index in [9.17, 15) is 13.2 Å². The molecule has 0 saturated carbocycles. The lowest BCUT2D eigenvalue weighted by atomic mass is 10.1. The topological polar surface area (TPSA) is 84.9 Å². The molecule has 174 valence electrons. The SMILES string of the molecule is COc1ccc(S(=O)(=O)N(CC(=O)NCCCc2ccccc2)c2ccccc2OC)cc1. The van der Waals surface area contributed by atoms with E-state index in [1.165, 1.54) is 31.9 Å². The first-order valence-corrected chi connectivity index (χ1v) is 12.0. The molecular formula is C25H28N2O5S. The number of aryl methyl sites for hydroxylation is 1. The second-order valence-electron chi connectivity index (χ2n) is 7.30. The van der Waals surface area contributed by atoms with Crippen LogP contribution in [0.5, 0.6) is 11.5 Å². The van der Waals surface area contributed by atoms with Crippen LogP contribution in [0.25, 0.3) is 0 Å². The molecule has 3 aromatic carbocycles. The van der Waals surface area contributed by atoms with Crippen molar-refractivity contribution in [1.29, 1.82) is 0 Å². The number of hydrogen-bond donors (Lipinski definition) is 1. The summed E-state index contributed by atoms with van der Waals surface area (Å²) in [5, 5.41) is 2.83. The molecule has 0 atom stereocenters. The van der Waals surface area contributed by atoms with Gasteiger partial charge in [-0.3, -0.25) is 9.10 Å². The predicted octanol–water partition coefficient (Wildman–Crippen LogP) is 3.65. The molecule has 0 aliphatic heterocycles.